The Labute approximate surface area is 159 Å². The Balaban J connectivity index is 1.93. The van der Waals surface area contributed by atoms with E-state index in [2.05, 4.69) is 14.9 Å². The molecule has 0 aliphatic heterocycles. The van der Waals surface area contributed by atoms with Crippen molar-refractivity contribution in [2.75, 3.05) is 4.72 Å². The van der Waals surface area contributed by atoms with Gasteiger partial charge in [0.25, 0.3) is 15.6 Å². The normalized spacial score (nSPS) is 11.5. The lowest BCUT2D eigenvalue weighted by atomic mass is 10.3. The third-order valence-electron chi connectivity index (χ3n) is 3.75. The number of rotatable bonds is 4. The van der Waals surface area contributed by atoms with Crippen LogP contribution in [0.5, 0.6) is 0 Å². The second kappa shape index (κ2) is 6.75. The number of aryl methyl sites for hydroxylation is 1. The number of anilines is 1. The standard InChI is InChI=1S/C15H13Cl2N5O3S/c1-9-13(8-18-21(9)2)20-26(24,25)11-5-3-10(4-6-11)22-15(23)14(17)12(16)7-19-22/h3-8,20H,1-2H3. The van der Waals surface area contributed by atoms with E-state index < -0.39 is 15.6 Å². The molecule has 1 N–H and O–H groups in total. The van der Waals surface area contributed by atoms with Crippen LogP contribution in [0.4, 0.5) is 5.69 Å². The summed E-state index contributed by atoms with van der Waals surface area (Å²) in [6.07, 6.45) is 2.67. The molecule has 0 aliphatic rings. The topological polar surface area (TPSA) is 98.9 Å². The first kappa shape index (κ1) is 18.4. The lowest BCUT2D eigenvalue weighted by molar-refractivity contribution is 0.601. The van der Waals surface area contributed by atoms with Crippen molar-refractivity contribution in [3.63, 3.8) is 0 Å². The highest BCUT2D eigenvalue weighted by molar-refractivity contribution is 7.92. The molecule has 0 aliphatic carbocycles. The summed E-state index contributed by atoms with van der Waals surface area (Å²) in [5, 5.41) is 7.77. The van der Waals surface area contributed by atoms with Crippen molar-refractivity contribution in [3.8, 4) is 5.69 Å². The number of nitrogens with one attached hydrogen (secondary N) is 1. The number of sulfonamides is 1. The van der Waals surface area contributed by atoms with Crippen molar-refractivity contribution in [3.05, 3.63) is 62.8 Å². The molecule has 0 amide bonds. The molecule has 0 unspecified atom stereocenters. The molecule has 0 fully saturated rings. The van der Waals surface area contributed by atoms with Crippen LogP contribution in [-0.4, -0.2) is 28.0 Å². The molecule has 0 spiro atoms. The van der Waals surface area contributed by atoms with Gasteiger partial charge in [0.1, 0.15) is 5.02 Å². The zero-order valence-corrected chi connectivity index (χ0v) is 16.0. The van der Waals surface area contributed by atoms with Crippen LogP contribution in [0, 0.1) is 6.92 Å². The third kappa shape index (κ3) is 3.33. The monoisotopic (exact) mass is 413 g/mol. The molecule has 0 saturated heterocycles. The summed E-state index contributed by atoms with van der Waals surface area (Å²) in [7, 11) is -2.09. The number of nitrogens with zero attached hydrogens (tertiary/aromatic N) is 4. The van der Waals surface area contributed by atoms with Gasteiger partial charge in [-0.25, -0.2) is 8.42 Å². The fraction of sp³-hybridized carbons (Fsp3) is 0.133. The van der Waals surface area contributed by atoms with E-state index in [0.717, 1.165) is 4.68 Å². The van der Waals surface area contributed by atoms with Crippen LogP contribution in [0.1, 0.15) is 5.69 Å². The maximum Gasteiger partial charge on any atom is 0.291 e. The zero-order valence-electron chi connectivity index (χ0n) is 13.6. The van der Waals surface area contributed by atoms with Gasteiger partial charge in [-0.15, -0.1) is 0 Å². The predicted molar refractivity (Wildman–Crippen MR) is 98.6 cm³/mol. The summed E-state index contributed by atoms with van der Waals surface area (Å²) < 4.78 is 30.1. The second-order valence-electron chi connectivity index (χ2n) is 5.39. The number of hydrogen-bond donors (Lipinski definition) is 1. The molecule has 0 radical (unpaired) electrons. The summed E-state index contributed by atoms with van der Waals surface area (Å²) >= 11 is 11.6. The van der Waals surface area contributed by atoms with Gasteiger partial charge in [-0.2, -0.15) is 14.9 Å². The molecule has 26 heavy (non-hydrogen) atoms. The lowest BCUT2D eigenvalue weighted by Gasteiger charge is -2.09. The number of benzene rings is 1. The van der Waals surface area contributed by atoms with E-state index >= 15 is 0 Å². The largest absolute Gasteiger partial charge is 0.291 e. The summed E-state index contributed by atoms with van der Waals surface area (Å²) in [5.41, 5.74) is 0.819. The quantitative estimate of drug-likeness (QED) is 0.707. The molecule has 0 saturated carbocycles. The van der Waals surface area contributed by atoms with Gasteiger partial charge < -0.3 is 0 Å². The molecule has 8 nitrogen and oxygen atoms in total. The van der Waals surface area contributed by atoms with Gasteiger partial charge in [-0.05, 0) is 31.2 Å². The first-order chi connectivity index (χ1) is 12.2. The maximum atomic E-state index is 12.5. The average molecular weight is 414 g/mol. The molecule has 3 rings (SSSR count). The summed E-state index contributed by atoms with van der Waals surface area (Å²) in [6.45, 7) is 1.75. The molecule has 1 aromatic carbocycles. The average Bonchev–Trinajstić information content (AvgIpc) is 2.92. The van der Waals surface area contributed by atoms with E-state index in [9.17, 15) is 13.2 Å². The number of aromatic nitrogens is 4. The van der Waals surface area contributed by atoms with Crippen molar-refractivity contribution in [2.45, 2.75) is 11.8 Å². The van der Waals surface area contributed by atoms with Gasteiger partial charge in [-0.3, -0.25) is 14.2 Å². The fourth-order valence-electron chi connectivity index (χ4n) is 2.17. The Morgan fingerprint density at radius 3 is 2.31 bits per heavy atom. The Morgan fingerprint density at radius 2 is 1.73 bits per heavy atom. The van der Waals surface area contributed by atoms with Crippen molar-refractivity contribution < 1.29 is 8.42 Å². The summed E-state index contributed by atoms with van der Waals surface area (Å²) in [6, 6.07) is 5.62. The lowest BCUT2D eigenvalue weighted by Crippen LogP contribution is -2.21. The molecule has 136 valence electrons. The highest BCUT2D eigenvalue weighted by atomic mass is 35.5. The van der Waals surface area contributed by atoms with Crippen LogP contribution in [0.3, 0.4) is 0 Å². The smallest absolute Gasteiger partial charge is 0.276 e. The molecular formula is C15H13Cl2N5O3S. The van der Waals surface area contributed by atoms with Crippen LogP contribution in [0.25, 0.3) is 5.69 Å². The van der Waals surface area contributed by atoms with Crippen LogP contribution in [0.2, 0.25) is 10.0 Å². The first-order valence-electron chi connectivity index (χ1n) is 7.26. The Hall–Kier alpha value is -2.36. The molecule has 2 aromatic heterocycles. The van der Waals surface area contributed by atoms with Gasteiger partial charge in [0, 0.05) is 7.05 Å². The van der Waals surface area contributed by atoms with Gasteiger partial charge in [0.2, 0.25) is 0 Å². The maximum absolute atomic E-state index is 12.5. The SMILES string of the molecule is Cc1c(NS(=O)(=O)c2ccc(-n3ncc(Cl)c(Cl)c3=O)cc2)cnn1C. The van der Waals surface area contributed by atoms with Crippen molar-refractivity contribution in [2.24, 2.45) is 7.05 Å². The minimum absolute atomic E-state index is 0.0256. The molecule has 0 atom stereocenters. The third-order valence-corrected chi connectivity index (χ3v) is 5.88. The van der Waals surface area contributed by atoms with E-state index in [4.69, 9.17) is 23.2 Å². The van der Waals surface area contributed by atoms with Gasteiger partial charge >= 0.3 is 0 Å². The molecule has 11 heteroatoms. The van der Waals surface area contributed by atoms with Crippen LogP contribution in [0.15, 0.2) is 46.3 Å². The van der Waals surface area contributed by atoms with E-state index in [0.29, 0.717) is 17.1 Å². The highest BCUT2D eigenvalue weighted by Gasteiger charge is 2.17. The highest BCUT2D eigenvalue weighted by Crippen LogP contribution is 2.20. The van der Waals surface area contributed by atoms with E-state index in [1.807, 2.05) is 0 Å². The fourth-order valence-corrected chi connectivity index (χ4v) is 3.52. The first-order valence-corrected chi connectivity index (χ1v) is 9.50. The van der Waals surface area contributed by atoms with E-state index in [-0.39, 0.29) is 14.9 Å². The number of halogens is 2. The van der Waals surface area contributed by atoms with Crippen molar-refractivity contribution in [1.29, 1.82) is 0 Å². The van der Waals surface area contributed by atoms with Crippen molar-refractivity contribution in [1.82, 2.24) is 19.6 Å². The molecule has 0 bridgehead atoms. The van der Waals surface area contributed by atoms with Gasteiger partial charge in [-0.1, -0.05) is 23.2 Å². The molecular weight excluding hydrogens is 401 g/mol. The van der Waals surface area contributed by atoms with Crippen molar-refractivity contribution >= 4 is 38.9 Å². The second-order valence-corrected chi connectivity index (χ2v) is 7.86. The summed E-state index contributed by atoms with van der Waals surface area (Å²) in [4.78, 5) is 12.1. The number of hydrogen-bond acceptors (Lipinski definition) is 5. The van der Waals surface area contributed by atoms with Gasteiger partial charge in [0.05, 0.1) is 39.4 Å². The van der Waals surface area contributed by atoms with Crippen LogP contribution in [-0.2, 0) is 17.1 Å². The van der Waals surface area contributed by atoms with E-state index in [1.165, 1.54) is 36.7 Å². The van der Waals surface area contributed by atoms with Crippen LogP contribution >= 0.6 is 23.2 Å². The minimum Gasteiger partial charge on any atom is -0.276 e. The van der Waals surface area contributed by atoms with Crippen LogP contribution < -0.4 is 10.3 Å². The molecule has 3 aromatic rings. The molecule has 2 heterocycles. The Bertz CT molecular complexity index is 1140. The Kier molecular flexibility index (Phi) is 4.78. The summed E-state index contributed by atoms with van der Waals surface area (Å²) in [5.74, 6) is 0. The Morgan fingerprint density at radius 1 is 1.08 bits per heavy atom. The van der Waals surface area contributed by atoms with E-state index in [1.54, 1.807) is 18.7 Å². The van der Waals surface area contributed by atoms with Gasteiger partial charge in [0.15, 0.2) is 0 Å². The minimum atomic E-state index is -3.80. The zero-order chi connectivity index (χ0) is 19.1. The predicted octanol–water partition coefficient (Wildman–Crippen LogP) is 2.38.